The van der Waals surface area contributed by atoms with Gasteiger partial charge in [0.2, 0.25) is 0 Å². The molecule has 1 rings (SSSR count). The van der Waals surface area contributed by atoms with Crippen LogP contribution in [0.2, 0.25) is 0 Å². The van der Waals surface area contributed by atoms with E-state index in [0.717, 1.165) is 0 Å². The highest BCUT2D eigenvalue weighted by Gasteiger charge is 2.14. The van der Waals surface area contributed by atoms with Crippen LogP contribution in [0.5, 0.6) is 0 Å². The zero-order chi connectivity index (χ0) is 12.0. The summed E-state index contributed by atoms with van der Waals surface area (Å²) in [5.74, 6) is -1.69. The smallest absolute Gasteiger partial charge is 0.305 e. The Labute approximate surface area is 93.0 Å². The van der Waals surface area contributed by atoms with Crippen LogP contribution in [0.1, 0.15) is 12.8 Å². The molecule has 0 saturated heterocycles. The highest BCUT2D eigenvalue weighted by molar-refractivity contribution is 5.68. The first-order valence-corrected chi connectivity index (χ1v) is 4.98. The molecule has 0 spiro atoms. The van der Waals surface area contributed by atoms with Gasteiger partial charge in [0.25, 0.3) is 0 Å². The molecule has 90 valence electrons. The Kier molecular flexibility index (Phi) is 4.71. The van der Waals surface area contributed by atoms with Gasteiger partial charge in [0, 0.05) is 13.1 Å². The molecule has 0 amide bonds. The summed E-state index contributed by atoms with van der Waals surface area (Å²) in [5.41, 5.74) is 0. The summed E-state index contributed by atoms with van der Waals surface area (Å²) in [6.07, 6.45) is 1.74. The first kappa shape index (κ1) is 12.4. The van der Waals surface area contributed by atoms with Crippen LogP contribution in [0.25, 0.3) is 0 Å². The van der Waals surface area contributed by atoms with E-state index < -0.39 is 11.9 Å². The quantitative estimate of drug-likeness (QED) is 0.637. The number of rotatable bonds is 6. The van der Waals surface area contributed by atoms with Crippen LogP contribution < -0.4 is 0 Å². The van der Waals surface area contributed by atoms with Gasteiger partial charge in [-0.1, -0.05) is 0 Å². The van der Waals surface area contributed by atoms with Crippen molar-refractivity contribution in [3.8, 4) is 0 Å². The van der Waals surface area contributed by atoms with E-state index in [4.69, 9.17) is 10.2 Å². The molecule has 0 aromatic heterocycles. The third kappa shape index (κ3) is 4.74. The van der Waals surface area contributed by atoms with E-state index in [9.17, 15) is 9.59 Å². The van der Waals surface area contributed by atoms with Crippen molar-refractivity contribution in [2.75, 3.05) is 26.4 Å². The maximum atomic E-state index is 10.4. The summed E-state index contributed by atoms with van der Waals surface area (Å²) in [6.45, 7) is 1.82. The second-order valence-electron chi connectivity index (χ2n) is 3.58. The van der Waals surface area contributed by atoms with Gasteiger partial charge in [0.1, 0.15) is 0 Å². The van der Waals surface area contributed by atoms with E-state index in [1.54, 1.807) is 11.2 Å². The van der Waals surface area contributed by atoms with Crippen molar-refractivity contribution in [3.05, 3.63) is 0 Å². The highest BCUT2D eigenvalue weighted by Crippen LogP contribution is 2.01. The van der Waals surface area contributed by atoms with Gasteiger partial charge in [-0.3, -0.25) is 19.5 Å². The first-order chi connectivity index (χ1) is 7.58. The largest absolute Gasteiger partial charge is 0.481 e. The minimum absolute atomic E-state index is 0.0544. The van der Waals surface area contributed by atoms with Crippen molar-refractivity contribution in [1.29, 1.82) is 0 Å². The van der Waals surface area contributed by atoms with Crippen LogP contribution in [0.15, 0.2) is 4.99 Å². The molecule has 16 heavy (non-hydrogen) atoms. The van der Waals surface area contributed by atoms with Crippen LogP contribution in [0.3, 0.4) is 0 Å². The van der Waals surface area contributed by atoms with Gasteiger partial charge in [-0.15, -0.1) is 0 Å². The van der Waals surface area contributed by atoms with Gasteiger partial charge in [0.15, 0.2) is 0 Å². The fourth-order valence-electron chi connectivity index (χ4n) is 1.37. The summed E-state index contributed by atoms with van der Waals surface area (Å²) in [5, 5.41) is 17.1. The number of hydrogen-bond donors (Lipinski definition) is 2. The molecular formula is C9H15N3O4. The topological polar surface area (TPSA) is 93.4 Å². The normalized spacial score (nSPS) is 16.4. The number of nitrogens with zero attached hydrogens (tertiary/aromatic N) is 3. The van der Waals surface area contributed by atoms with Gasteiger partial charge in [0.05, 0.1) is 32.5 Å². The molecule has 7 heteroatoms. The van der Waals surface area contributed by atoms with Crippen LogP contribution in [-0.4, -0.2) is 64.7 Å². The van der Waals surface area contributed by atoms with Crippen molar-refractivity contribution in [2.45, 2.75) is 12.8 Å². The van der Waals surface area contributed by atoms with Crippen molar-refractivity contribution >= 4 is 18.3 Å². The van der Waals surface area contributed by atoms with Gasteiger partial charge in [-0.2, -0.15) is 0 Å². The molecule has 0 aromatic carbocycles. The van der Waals surface area contributed by atoms with Crippen LogP contribution in [0, 0.1) is 0 Å². The summed E-state index contributed by atoms with van der Waals surface area (Å²) < 4.78 is 0. The maximum absolute atomic E-state index is 10.4. The lowest BCUT2D eigenvalue weighted by Crippen LogP contribution is -2.42. The van der Waals surface area contributed by atoms with Crippen molar-refractivity contribution < 1.29 is 19.8 Å². The van der Waals surface area contributed by atoms with E-state index >= 15 is 0 Å². The lowest BCUT2D eigenvalue weighted by molar-refractivity contribution is -0.138. The molecule has 0 saturated carbocycles. The number of hydrogen-bond acceptors (Lipinski definition) is 5. The molecular weight excluding hydrogens is 214 g/mol. The SMILES string of the molecule is O=C(O)CCN1C=NCN(CCC(=O)O)C1. The van der Waals surface area contributed by atoms with Gasteiger partial charge in [-0.05, 0) is 0 Å². The number of aliphatic carboxylic acids is 2. The molecule has 0 bridgehead atoms. The predicted octanol–water partition coefficient (Wildman–Crippen LogP) is -0.503. The zero-order valence-electron chi connectivity index (χ0n) is 8.87. The summed E-state index contributed by atoms with van der Waals surface area (Å²) >= 11 is 0. The van der Waals surface area contributed by atoms with Gasteiger partial charge in [-0.25, -0.2) is 0 Å². The minimum atomic E-state index is -0.851. The van der Waals surface area contributed by atoms with E-state index in [2.05, 4.69) is 4.99 Å². The minimum Gasteiger partial charge on any atom is -0.481 e. The average molecular weight is 229 g/mol. The summed E-state index contributed by atoms with van der Waals surface area (Å²) in [7, 11) is 0. The number of carboxylic acids is 2. The summed E-state index contributed by atoms with van der Waals surface area (Å²) in [6, 6.07) is 0. The van der Waals surface area contributed by atoms with E-state index in [0.29, 0.717) is 26.4 Å². The molecule has 1 aliphatic heterocycles. The molecule has 7 nitrogen and oxygen atoms in total. The third-order valence-corrected chi connectivity index (χ3v) is 2.16. The Morgan fingerprint density at radius 3 is 2.44 bits per heavy atom. The number of carboxylic acid groups (broad SMARTS) is 2. The lowest BCUT2D eigenvalue weighted by atomic mass is 10.4. The Hall–Kier alpha value is -1.63. The Bertz CT molecular complexity index is 292. The maximum Gasteiger partial charge on any atom is 0.305 e. The van der Waals surface area contributed by atoms with Crippen molar-refractivity contribution in [3.63, 3.8) is 0 Å². The number of carbonyl (C=O) groups is 2. The fourth-order valence-corrected chi connectivity index (χ4v) is 1.37. The lowest BCUT2D eigenvalue weighted by Gasteiger charge is -2.31. The van der Waals surface area contributed by atoms with E-state index in [1.807, 2.05) is 4.90 Å². The van der Waals surface area contributed by atoms with Gasteiger partial charge >= 0.3 is 11.9 Å². The number of aliphatic imine (C=N–C) groups is 1. The highest BCUT2D eigenvalue weighted by atomic mass is 16.4. The Morgan fingerprint density at radius 2 is 1.81 bits per heavy atom. The van der Waals surface area contributed by atoms with Crippen LogP contribution in [0.4, 0.5) is 0 Å². The zero-order valence-corrected chi connectivity index (χ0v) is 8.87. The molecule has 2 N–H and O–H groups in total. The summed E-state index contributed by atoms with van der Waals surface area (Å²) in [4.78, 5) is 28.4. The molecule has 0 radical (unpaired) electrons. The standard InChI is InChI=1S/C9H15N3O4/c13-8(14)1-3-11-5-10-6-12(7-11)4-2-9(15)16/h5H,1-4,6-7H2,(H,13,14)(H,15,16). The molecule has 1 heterocycles. The Balaban J connectivity index is 2.29. The Morgan fingerprint density at radius 1 is 1.19 bits per heavy atom. The van der Waals surface area contributed by atoms with Gasteiger partial charge < -0.3 is 15.1 Å². The van der Waals surface area contributed by atoms with Crippen LogP contribution >= 0.6 is 0 Å². The predicted molar refractivity (Wildman–Crippen MR) is 56.1 cm³/mol. The monoisotopic (exact) mass is 229 g/mol. The molecule has 0 unspecified atom stereocenters. The molecule has 0 atom stereocenters. The van der Waals surface area contributed by atoms with Crippen LogP contribution in [-0.2, 0) is 9.59 Å². The van der Waals surface area contributed by atoms with E-state index in [-0.39, 0.29) is 12.8 Å². The molecule has 1 aliphatic rings. The second kappa shape index (κ2) is 6.06. The van der Waals surface area contributed by atoms with Crippen molar-refractivity contribution in [1.82, 2.24) is 9.80 Å². The fraction of sp³-hybridized carbons (Fsp3) is 0.667. The molecule has 0 aliphatic carbocycles. The second-order valence-corrected chi connectivity index (χ2v) is 3.58. The van der Waals surface area contributed by atoms with E-state index in [1.165, 1.54) is 0 Å². The molecule has 0 aromatic rings. The van der Waals surface area contributed by atoms with Crippen molar-refractivity contribution in [2.24, 2.45) is 4.99 Å². The third-order valence-electron chi connectivity index (χ3n) is 2.16. The molecule has 0 fully saturated rings. The first-order valence-electron chi connectivity index (χ1n) is 4.98. The average Bonchev–Trinajstić information content (AvgIpc) is 2.24.